The van der Waals surface area contributed by atoms with E-state index in [1.165, 1.54) is 12.1 Å². The van der Waals surface area contributed by atoms with Gasteiger partial charge in [-0.3, -0.25) is 14.9 Å². The van der Waals surface area contributed by atoms with Crippen molar-refractivity contribution in [1.82, 2.24) is 10.0 Å². The maximum absolute atomic E-state index is 12.4. The molecule has 0 fully saturated rings. The summed E-state index contributed by atoms with van der Waals surface area (Å²) >= 11 is 0. The molecular weight excluding hydrogens is 418 g/mol. The molecule has 0 atom stereocenters. The van der Waals surface area contributed by atoms with Crippen LogP contribution in [0.1, 0.15) is 27.0 Å². The zero-order valence-electron chi connectivity index (χ0n) is 16.7. The van der Waals surface area contributed by atoms with Crippen LogP contribution in [0.25, 0.3) is 0 Å². The van der Waals surface area contributed by atoms with E-state index in [4.69, 9.17) is 0 Å². The number of carbonyl (C=O) groups is 1. The number of carbonyl (C=O) groups excluding carboxylic acids is 1. The minimum Gasteiger partial charge on any atom is -0.348 e. The Morgan fingerprint density at radius 2 is 1.48 bits per heavy atom. The maximum atomic E-state index is 12.4. The summed E-state index contributed by atoms with van der Waals surface area (Å²) in [6.45, 7) is 2.29. The summed E-state index contributed by atoms with van der Waals surface area (Å²) in [6, 6.07) is 19.2. The molecule has 3 aromatic carbocycles. The van der Waals surface area contributed by atoms with Crippen LogP contribution < -0.4 is 10.0 Å². The summed E-state index contributed by atoms with van der Waals surface area (Å²) in [7, 11) is -3.80. The zero-order chi connectivity index (χ0) is 22.4. The van der Waals surface area contributed by atoms with Gasteiger partial charge in [0.25, 0.3) is 11.6 Å². The minimum absolute atomic E-state index is 0.0476. The van der Waals surface area contributed by atoms with E-state index in [1.54, 1.807) is 18.2 Å². The first-order valence-corrected chi connectivity index (χ1v) is 10.9. The van der Waals surface area contributed by atoms with Gasteiger partial charge in [-0.05, 0) is 41.8 Å². The topological polar surface area (TPSA) is 118 Å². The molecule has 0 aliphatic rings. The van der Waals surface area contributed by atoms with Gasteiger partial charge in [0, 0.05) is 30.8 Å². The summed E-state index contributed by atoms with van der Waals surface area (Å²) in [4.78, 5) is 22.3. The molecule has 0 spiro atoms. The molecule has 3 rings (SSSR count). The van der Waals surface area contributed by atoms with Gasteiger partial charge in [-0.1, -0.05) is 42.5 Å². The number of sulfonamides is 1. The molecule has 0 saturated carbocycles. The van der Waals surface area contributed by atoms with Gasteiger partial charge in [-0.25, -0.2) is 13.1 Å². The lowest BCUT2D eigenvalue weighted by Gasteiger charge is -2.09. The Bertz CT molecular complexity index is 1190. The van der Waals surface area contributed by atoms with Gasteiger partial charge < -0.3 is 5.32 Å². The monoisotopic (exact) mass is 439 g/mol. The fourth-order valence-electron chi connectivity index (χ4n) is 2.89. The Morgan fingerprint density at radius 3 is 2.06 bits per heavy atom. The Morgan fingerprint density at radius 1 is 0.903 bits per heavy atom. The molecule has 1 amide bonds. The Labute approximate surface area is 180 Å². The van der Waals surface area contributed by atoms with Crippen LogP contribution >= 0.6 is 0 Å². The second-order valence-electron chi connectivity index (χ2n) is 6.89. The Balaban J connectivity index is 1.56. The third-order valence-corrected chi connectivity index (χ3v) is 6.11. The van der Waals surface area contributed by atoms with Crippen molar-refractivity contribution in [2.45, 2.75) is 24.9 Å². The van der Waals surface area contributed by atoms with Gasteiger partial charge in [-0.2, -0.15) is 0 Å². The van der Waals surface area contributed by atoms with Crippen molar-refractivity contribution in [3.63, 3.8) is 0 Å². The number of non-ortho nitro benzene ring substituents is 1. The minimum atomic E-state index is -3.80. The van der Waals surface area contributed by atoms with Gasteiger partial charge in [0.15, 0.2) is 0 Å². The predicted molar refractivity (Wildman–Crippen MR) is 116 cm³/mol. The molecule has 2 N–H and O–H groups in total. The van der Waals surface area contributed by atoms with Crippen LogP contribution in [0.5, 0.6) is 0 Å². The summed E-state index contributed by atoms with van der Waals surface area (Å²) in [5.41, 5.74) is 2.96. The van der Waals surface area contributed by atoms with Crippen molar-refractivity contribution in [3.8, 4) is 0 Å². The second-order valence-corrected chi connectivity index (χ2v) is 8.66. The quantitative estimate of drug-likeness (QED) is 0.412. The first-order chi connectivity index (χ1) is 14.8. The summed E-state index contributed by atoms with van der Waals surface area (Å²) in [6.07, 6.45) is 0. The molecule has 0 heterocycles. The van der Waals surface area contributed by atoms with Crippen LogP contribution in [-0.4, -0.2) is 19.2 Å². The fourth-order valence-corrected chi connectivity index (χ4v) is 3.91. The van der Waals surface area contributed by atoms with Crippen LogP contribution in [0, 0.1) is 17.0 Å². The molecule has 8 nitrogen and oxygen atoms in total. The highest BCUT2D eigenvalue weighted by atomic mass is 32.2. The Kier molecular flexibility index (Phi) is 6.78. The molecule has 0 unspecified atom stereocenters. The van der Waals surface area contributed by atoms with E-state index >= 15 is 0 Å². The highest BCUT2D eigenvalue weighted by Crippen LogP contribution is 2.16. The lowest BCUT2D eigenvalue weighted by Crippen LogP contribution is -2.24. The molecule has 9 heteroatoms. The molecule has 160 valence electrons. The molecule has 0 aliphatic carbocycles. The van der Waals surface area contributed by atoms with Crippen molar-refractivity contribution >= 4 is 21.6 Å². The Hall–Kier alpha value is -3.56. The standard InChI is InChI=1S/C22H21N3O5S/c1-16-4-2-3-5-21(16)22(26)23-14-17-6-8-18(9-7-17)15-24-31(29,30)20-12-10-19(11-13-20)25(27)28/h2-13,24H,14-15H2,1H3,(H,23,26). The lowest BCUT2D eigenvalue weighted by molar-refractivity contribution is -0.384. The molecular formula is C22H21N3O5S. The van der Waals surface area contributed by atoms with Crippen LogP contribution in [0.15, 0.2) is 77.7 Å². The molecule has 31 heavy (non-hydrogen) atoms. The normalized spacial score (nSPS) is 11.1. The number of nitro benzene ring substituents is 1. The van der Waals surface area contributed by atoms with Gasteiger partial charge in [0.05, 0.1) is 9.82 Å². The van der Waals surface area contributed by atoms with Crippen LogP contribution in [0.4, 0.5) is 5.69 Å². The first kappa shape index (κ1) is 22.1. The molecule has 3 aromatic rings. The van der Waals surface area contributed by atoms with E-state index < -0.39 is 14.9 Å². The summed E-state index contributed by atoms with van der Waals surface area (Å²) in [5.74, 6) is -0.155. The van der Waals surface area contributed by atoms with Crippen molar-refractivity contribution in [1.29, 1.82) is 0 Å². The van der Waals surface area contributed by atoms with Crippen molar-refractivity contribution in [2.24, 2.45) is 0 Å². The number of hydrogen-bond donors (Lipinski definition) is 2. The molecule has 0 saturated heterocycles. The van der Waals surface area contributed by atoms with E-state index in [2.05, 4.69) is 10.0 Å². The third-order valence-electron chi connectivity index (χ3n) is 4.69. The number of aryl methyl sites for hydroxylation is 1. The van der Waals surface area contributed by atoms with Gasteiger partial charge in [0.2, 0.25) is 10.0 Å². The molecule has 0 radical (unpaired) electrons. The smallest absolute Gasteiger partial charge is 0.269 e. The average molecular weight is 439 g/mol. The lowest BCUT2D eigenvalue weighted by atomic mass is 10.1. The summed E-state index contributed by atoms with van der Waals surface area (Å²) in [5, 5.41) is 13.6. The SMILES string of the molecule is Cc1ccccc1C(=O)NCc1ccc(CNS(=O)(=O)c2ccc([N+](=O)[O-])cc2)cc1. The number of benzene rings is 3. The van der Waals surface area contributed by atoms with Crippen molar-refractivity contribution in [3.05, 3.63) is 105 Å². The van der Waals surface area contributed by atoms with E-state index in [9.17, 15) is 23.3 Å². The maximum Gasteiger partial charge on any atom is 0.269 e. The molecule has 0 aliphatic heterocycles. The number of hydrogen-bond acceptors (Lipinski definition) is 5. The van der Waals surface area contributed by atoms with E-state index in [1.807, 2.05) is 37.3 Å². The number of nitro groups is 1. The fraction of sp³-hybridized carbons (Fsp3) is 0.136. The second kappa shape index (κ2) is 9.50. The first-order valence-electron chi connectivity index (χ1n) is 9.42. The summed E-state index contributed by atoms with van der Waals surface area (Å²) < 4.78 is 27.2. The van der Waals surface area contributed by atoms with Crippen molar-refractivity contribution < 1.29 is 18.1 Å². The predicted octanol–water partition coefficient (Wildman–Crippen LogP) is 3.31. The number of nitrogens with one attached hydrogen (secondary N) is 2. The molecule has 0 bridgehead atoms. The van der Waals surface area contributed by atoms with Crippen LogP contribution in [-0.2, 0) is 23.1 Å². The third kappa shape index (κ3) is 5.74. The number of amides is 1. The van der Waals surface area contributed by atoms with Gasteiger partial charge in [-0.15, -0.1) is 0 Å². The number of rotatable bonds is 8. The average Bonchev–Trinajstić information content (AvgIpc) is 2.77. The number of nitrogens with zero attached hydrogens (tertiary/aromatic N) is 1. The van der Waals surface area contributed by atoms with E-state index in [-0.39, 0.29) is 23.0 Å². The van der Waals surface area contributed by atoms with Crippen LogP contribution in [0.2, 0.25) is 0 Å². The van der Waals surface area contributed by atoms with Crippen molar-refractivity contribution in [2.75, 3.05) is 0 Å². The van der Waals surface area contributed by atoms with E-state index in [0.717, 1.165) is 28.8 Å². The zero-order valence-corrected chi connectivity index (χ0v) is 17.6. The van der Waals surface area contributed by atoms with Crippen LogP contribution in [0.3, 0.4) is 0 Å². The highest BCUT2D eigenvalue weighted by molar-refractivity contribution is 7.89. The van der Waals surface area contributed by atoms with Gasteiger partial charge in [0.1, 0.15) is 0 Å². The van der Waals surface area contributed by atoms with Gasteiger partial charge >= 0.3 is 0 Å². The largest absolute Gasteiger partial charge is 0.348 e. The van der Waals surface area contributed by atoms with E-state index in [0.29, 0.717) is 12.1 Å². The highest BCUT2D eigenvalue weighted by Gasteiger charge is 2.15. The molecule has 0 aromatic heterocycles.